The smallest absolute Gasteiger partial charge is 0.139 e. The standard InChI is InChI=1S/C15H24O/c1-10(2)12-8-13-11(3)6-5-7-15(13,4)14(16)9-12/h10,12-13H,3,5-9H2,1-2,4H3/t12-,13-,15-/m0/s1. The Bertz CT molecular complexity index is 315. The zero-order valence-corrected chi connectivity index (χ0v) is 10.9. The Balaban J connectivity index is 2.25. The van der Waals surface area contributed by atoms with E-state index in [-0.39, 0.29) is 5.41 Å². The molecule has 2 rings (SSSR count). The highest BCUT2D eigenvalue weighted by Crippen LogP contribution is 2.52. The van der Waals surface area contributed by atoms with E-state index in [1.54, 1.807) is 0 Å². The van der Waals surface area contributed by atoms with E-state index in [9.17, 15) is 4.79 Å². The molecular formula is C15H24O. The van der Waals surface area contributed by atoms with Gasteiger partial charge in [-0.1, -0.05) is 32.9 Å². The van der Waals surface area contributed by atoms with Crippen molar-refractivity contribution in [3.63, 3.8) is 0 Å². The summed E-state index contributed by atoms with van der Waals surface area (Å²) >= 11 is 0. The first-order valence-electron chi connectivity index (χ1n) is 6.66. The minimum absolute atomic E-state index is 0.0687. The van der Waals surface area contributed by atoms with E-state index in [2.05, 4.69) is 27.4 Å². The summed E-state index contributed by atoms with van der Waals surface area (Å²) in [7, 11) is 0. The quantitative estimate of drug-likeness (QED) is 0.611. The number of carbonyl (C=O) groups is 1. The summed E-state index contributed by atoms with van der Waals surface area (Å²) in [5, 5.41) is 0. The van der Waals surface area contributed by atoms with Gasteiger partial charge in [0.15, 0.2) is 0 Å². The summed E-state index contributed by atoms with van der Waals surface area (Å²) in [6.45, 7) is 10.9. The van der Waals surface area contributed by atoms with Crippen molar-refractivity contribution in [2.24, 2.45) is 23.2 Å². The number of ketones is 1. The molecule has 0 aromatic carbocycles. The van der Waals surface area contributed by atoms with Gasteiger partial charge in [0, 0.05) is 11.8 Å². The summed E-state index contributed by atoms with van der Waals surface area (Å²) in [6, 6.07) is 0. The molecule has 2 saturated carbocycles. The van der Waals surface area contributed by atoms with Crippen LogP contribution in [-0.2, 0) is 4.79 Å². The predicted octanol–water partition coefficient (Wildman–Crippen LogP) is 3.98. The fraction of sp³-hybridized carbons (Fsp3) is 0.800. The highest BCUT2D eigenvalue weighted by atomic mass is 16.1. The molecule has 0 radical (unpaired) electrons. The van der Waals surface area contributed by atoms with Crippen molar-refractivity contribution >= 4 is 5.78 Å². The fourth-order valence-electron chi connectivity index (χ4n) is 3.61. The van der Waals surface area contributed by atoms with Gasteiger partial charge in [-0.25, -0.2) is 0 Å². The van der Waals surface area contributed by atoms with Crippen LogP contribution in [0.15, 0.2) is 12.2 Å². The molecule has 2 fully saturated rings. The van der Waals surface area contributed by atoms with Gasteiger partial charge in [0.2, 0.25) is 0 Å². The first-order valence-corrected chi connectivity index (χ1v) is 6.66. The summed E-state index contributed by atoms with van der Waals surface area (Å²) in [5.41, 5.74) is 1.27. The van der Waals surface area contributed by atoms with E-state index in [1.807, 2.05) is 0 Å². The number of allylic oxidation sites excluding steroid dienone is 1. The number of rotatable bonds is 1. The van der Waals surface area contributed by atoms with Crippen molar-refractivity contribution in [2.75, 3.05) is 0 Å². The van der Waals surface area contributed by atoms with E-state index in [0.717, 1.165) is 25.7 Å². The van der Waals surface area contributed by atoms with Crippen LogP contribution in [0.2, 0.25) is 0 Å². The van der Waals surface area contributed by atoms with Crippen LogP contribution < -0.4 is 0 Å². The Morgan fingerprint density at radius 3 is 2.75 bits per heavy atom. The lowest BCUT2D eigenvalue weighted by Gasteiger charge is -2.48. The van der Waals surface area contributed by atoms with Gasteiger partial charge in [0.05, 0.1) is 0 Å². The van der Waals surface area contributed by atoms with Crippen molar-refractivity contribution in [3.05, 3.63) is 12.2 Å². The second-order valence-electron chi connectivity index (χ2n) is 6.35. The molecule has 1 nitrogen and oxygen atoms in total. The Hall–Kier alpha value is -0.590. The fourth-order valence-corrected chi connectivity index (χ4v) is 3.61. The second kappa shape index (κ2) is 4.01. The van der Waals surface area contributed by atoms with Gasteiger partial charge in [0.1, 0.15) is 5.78 Å². The highest BCUT2D eigenvalue weighted by Gasteiger charge is 2.48. The van der Waals surface area contributed by atoms with Crippen LogP contribution in [0.5, 0.6) is 0 Å². The summed E-state index contributed by atoms with van der Waals surface area (Å²) in [4.78, 5) is 12.4. The number of carbonyl (C=O) groups excluding carboxylic acids is 1. The lowest BCUT2D eigenvalue weighted by atomic mass is 9.55. The topological polar surface area (TPSA) is 17.1 Å². The molecule has 90 valence electrons. The lowest BCUT2D eigenvalue weighted by Crippen LogP contribution is -2.46. The van der Waals surface area contributed by atoms with E-state index in [0.29, 0.717) is 23.5 Å². The molecule has 16 heavy (non-hydrogen) atoms. The van der Waals surface area contributed by atoms with Crippen LogP contribution in [0.25, 0.3) is 0 Å². The van der Waals surface area contributed by atoms with Crippen LogP contribution >= 0.6 is 0 Å². The van der Waals surface area contributed by atoms with E-state index >= 15 is 0 Å². The molecule has 0 N–H and O–H groups in total. The highest BCUT2D eigenvalue weighted by molar-refractivity contribution is 5.86. The lowest BCUT2D eigenvalue weighted by molar-refractivity contribution is -0.137. The Morgan fingerprint density at radius 2 is 2.12 bits per heavy atom. The largest absolute Gasteiger partial charge is 0.299 e. The third-order valence-electron chi connectivity index (χ3n) is 5.02. The van der Waals surface area contributed by atoms with Gasteiger partial charge in [-0.15, -0.1) is 0 Å². The molecule has 2 aliphatic carbocycles. The van der Waals surface area contributed by atoms with Crippen LogP contribution in [0, 0.1) is 23.2 Å². The molecule has 0 unspecified atom stereocenters. The monoisotopic (exact) mass is 220 g/mol. The maximum Gasteiger partial charge on any atom is 0.139 e. The van der Waals surface area contributed by atoms with Gasteiger partial charge in [-0.3, -0.25) is 4.79 Å². The molecule has 0 spiro atoms. The molecule has 0 aromatic rings. The summed E-state index contributed by atoms with van der Waals surface area (Å²) in [6.07, 6.45) is 5.37. The van der Waals surface area contributed by atoms with Crippen LogP contribution in [-0.4, -0.2) is 5.78 Å². The first-order chi connectivity index (χ1) is 7.45. The maximum atomic E-state index is 12.4. The molecule has 0 amide bonds. The number of fused-ring (bicyclic) bond motifs is 1. The Kier molecular flexibility index (Phi) is 2.98. The van der Waals surface area contributed by atoms with Crippen LogP contribution in [0.4, 0.5) is 0 Å². The molecule has 0 aromatic heterocycles. The van der Waals surface area contributed by atoms with Crippen LogP contribution in [0.1, 0.15) is 52.9 Å². The third kappa shape index (κ3) is 1.74. The SMILES string of the molecule is C=C1CCC[C@]2(C)C(=O)C[C@@H](C(C)C)C[C@@H]12. The minimum atomic E-state index is -0.0687. The molecule has 3 atom stereocenters. The zero-order chi connectivity index (χ0) is 11.9. The molecule has 0 heterocycles. The van der Waals surface area contributed by atoms with Gasteiger partial charge >= 0.3 is 0 Å². The maximum absolute atomic E-state index is 12.4. The number of hydrogen-bond donors (Lipinski definition) is 0. The Labute approximate surface area is 99.3 Å². The summed E-state index contributed by atoms with van der Waals surface area (Å²) in [5.74, 6) is 2.18. The van der Waals surface area contributed by atoms with Crippen molar-refractivity contribution in [1.29, 1.82) is 0 Å². The van der Waals surface area contributed by atoms with Gasteiger partial charge in [-0.05, 0) is 43.4 Å². The number of Topliss-reactive ketones (excluding diaryl/α,β-unsaturated/α-hetero) is 1. The third-order valence-corrected chi connectivity index (χ3v) is 5.02. The summed E-state index contributed by atoms with van der Waals surface area (Å²) < 4.78 is 0. The average molecular weight is 220 g/mol. The zero-order valence-electron chi connectivity index (χ0n) is 10.9. The molecule has 2 aliphatic rings. The van der Waals surface area contributed by atoms with E-state index in [1.165, 1.54) is 12.0 Å². The second-order valence-corrected chi connectivity index (χ2v) is 6.35. The molecule has 1 heteroatoms. The number of hydrogen-bond acceptors (Lipinski definition) is 1. The molecule has 0 aliphatic heterocycles. The Morgan fingerprint density at radius 1 is 1.44 bits per heavy atom. The molecule has 0 saturated heterocycles. The van der Waals surface area contributed by atoms with Crippen molar-refractivity contribution < 1.29 is 4.79 Å². The predicted molar refractivity (Wildman–Crippen MR) is 67.2 cm³/mol. The van der Waals surface area contributed by atoms with E-state index < -0.39 is 0 Å². The van der Waals surface area contributed by atoms with Gasteiger partial charge in [0.25, 0.3) is 0 Å². The van der Waals surface area contributed by atoms with Crippen molar-refractivity contribution in [3.8, 4) is 0 Å². The first kappa shape index (κ1) is 11.9. The molecule has 0 bridgehead atoms. The van der Waals surface area contributed by atoms with Crippen molar-refractivity contribution in [2.45, 2.75) is 52.9 Å². The van der Waals surface area contributed by atoms with Gasteiger partial charge < -0.3 is 0 Å². The van der Waals surface area contributed by atoms with E-state index in [4.69, 9.17) is 0 Å². The van der Waals surface area contributed by atoms with Crippen LogP contribution in [0.3, 0.4) is 0 Å². The van der Waals surface area contributed by atoms with Gasteiger partial charge in [-0.2, -0.15) is 0 Å². The normalized spacial score (nSPS) is 40.0. The molecular weight excluding hydrogens is 196 g/mol. The van der Waals surface area contributed by atoms with Crippen molar-refractivity contribution in [1.82, 2.24) is 0 Å². The average Bonchev–Trinajstić information content (AvgIpc) is 2.20. The minimum Gasteiger partial charge on any atom is -0.299 e.